The van der Waals surface area contributed by atoms with Crippen LogP contribution < -0.4 is 9.46 Å². The van der Waals surface area contributed by atoms with Crippen molar-refractivity contribution in [2.45, 2.75) is 24.1 Å². The molecule has 2 aliphatic rings. The number of carbonyl (C=O) groups is 2. The number of alkyl halides is 3. The molecular formula is C24H25F4N3O3S. The molecule has 1 N–H and O–H groups in total. The number of aryl methyl sites for hydroxylation is 1. The highest BCUT2D eigenvalue weighted by Crippen LogP contribution is 2.33. The molecule has 0 saturated carbocycles. The maximum absolute atomic E-state index is 14.5. The van der Waals surface area contributed by atoms with Crippen molar-refractivity contribution in [1.29, 1.82) is 0 Å². The number of amides is 2. The lowest BCUT2D eigenvalue weighted by molar-refractivity contribution is -0.274. The summed E-state index contributed by atoms with van der Waals surface area (Å²) in [7, 11) is 1.73. The van der Waals surface area contributed by atoms with E-state index in [9.17, 15) is 27.2 Å². The van der Waals surface area contributed by atoms with Gasteiger partial charge in [0.05, 0.1) is 5.56 Å². The maximum atomic E-state index is 14.5. The minimum atomic E-state index is -4.74. The molecule has 35 heavy (non-hydrogen) atoms. The Morgan fingerprint density at radius 3 is 2.23 bits per heavy atom. The van der Waals surface area contributed by atoms with Crippen LogP contribution in [-0.2, 0) is 11.2 Å². The molecule has 0 radical (unpaired) electrons. The summed E-state index contributed by atoms with van der Waals surface area (Å²) in [6.07, 6.45) is -4.10. The van der Waals surface area contributed by atoms with Crippen LogP contribution in [0.3, 0.4) is 0 Å². The molecule has 188 valence electrons. The van der Waals surface area contributed by atoms with Crippen LogP contribution in [0.2, 0.25) is 0 Å². The van der Waals surface area contributed by atoms with E-state index < -0.39 is 12.2 Å². The van der Waals surface area contributed by atoms with Crippen LogP contribution in [0.15, 0.2) is 47.4 Å². The molecule has 2 atom stereocenters. The Kier molecular flexibility index (Phi) is 7.56. The second-order valence-electron chi connectivity index (χ2n) is 8.67. The van der Waals surface area contributed by atoms with E-state index >= 15 is 0 Å². The van der Waals surface area contributed by atoms with E-state index in [4.69, 9.17) is 0 Å². The number of rotatable bonds is 7. The van der Waals surface area contributed by atoms with E-state index in [2.05, 4.69) is 9.46 Å². The third-order valence-electron chi connectivity index (χ3n) is 6.30. The fourth-order valence-corrected chi connectivity index (χ4v) is 5.18. The standard InChI is InChI=1S/C24H25F4N3O3S/c1-29-35-19-7-8-20(21(25)10-19)23(33)31-13-16-11-30(12-17(16)14-31)22(32)9-4-15-2-5-18(6-3-15)34-24(26,27)28/h2-3,5-8,10,16-17,29H,4,9,11-14H2,1H3. The zero-order chi connectivity index (χ0) is 25.2. The van der Waals surface area contributed by atoms with Gasteiger partial charge in [0.1, 0.15) is 11.6 Å². The summed E-state index contributed by atoms with van der Waals surface area (Å²) < 4.78 is 58.0. The third-order valence-corrected chi connectivity index (χ3v) is 7.00. The number of fused-ring (bicyclic) bond motifs is 1. The van der Waals surface area contributed by atoms with Gasteiger partial charge < -0.3 is 14.5 Å². The van der Waals surface area contributed by atoms with Crippen molar-refractivity contribution in [1.82, 2.24) is 14.5 Å². The van der Waals surface area contributed by atoms with Gasteiger partial charge in [-0.3, -0.25) is 14.3 Å². The molecule has 6 nitrogen and oxygen atoms in total. The molecule has 2 aliphatic heterocycles. The average molecular weight is 512 g/mol. The van der Waals surface area contributed by atoms with Crippen molar-refractivity contribution in [3.8, 4) is 5.75 Å². The Morgan fingerprint density at radius 1 is 1.03 bits per heavy atom. The van der Waals surface area contributed by atoms with E-state index in [1.807, 2.05) is 0 Å². The van der Waals surface area contributed by atoms with Crippen molar-refractivity contribution in [3.63, 3.8) is 0 Å². The molecule has 0 aliphatic carbocycles. The summed E-state index contributed by atoms with van der Waals surface area (Å²) in [4.78, 5) is 29.7. The molecule has 2 heterocycles. The molecule has 2 unspecified atom stereocenters. The van der Waals surface area contributed by atoms with Crippen LogP contribution in [0.25, 0.3) is 0 Å². The van der Waals surface area contributed by atoms with Crippen molar-refractivity contribution in [2.24, 2.45) is 11.8 Å². The lowest BCUT2D eigenvalue weighted by atomic mass is 10.0. The molecular weight excluding hydrogens is 486 g/mol. The van der Waals surface area contributed by atoms with E-state index in [0.717, 1.165) is 5.56 Å². The maximum Gasteiger partial charge on any atom is 0.573 e. The van der Waals surface area contributed by atoms with Crippen LogP contribution in [0.1, 0.15) is 22.3 Å². The summed E-state index contributed by atoms with van der Waals surface area (Å²) in [6.45, 7) is 2.01. The summed E-state index contributed by atoms with van der Waals surface area (Å²) in [5, 5.41) is 0. The number of halogens is 4. The van der Waals surface area contributed by atoms with Gasteiger partial charge in [0.25, 0.3) is 5.91 Å². The second kappa shape index (κ2) is 10.4. The fourth-order valence-electron chi connectivity index (χ4n) is 4.65. The lowest BCUT2D eigenvalue weighted by Crippen LogP contribution is -2.36. The number of carbonyl (C=O) groups excluding carboxylic acids is 2. The van der Waals surface area contributed by atoms with Crippen molar-refractivity contribution in [2.75, 3.05) is 33.2 Å². The second-order valence-corrected chi connectivity index (χ2v) is 9.75. The monoisotopic (exact) mass is 511 g/mol. The largest absolute Gasteiger partial charge is 0.573 e. The smallest absolute Gasteiger partial charge is 0.406 e. The Hall–Kier alpha value is -2.79. The summed E-state index contributed by atoms with van der Waals surface area (Å²) in [5.74, 6) is -0.938. The normalized spacial score (nSPS) is 19.7. The van der Waals surface area contributed by atoms with Gasteiger partial charge in [-0.15, -0.1) is 13.2 Å². The van der Waals surface area contributed by atoms with Gasteiger partial charge in [0, 0.05) is 49.3 Å². The number of ether oxygens (including phenoxy) is 1. The number of benzene rings is 2. The van der Waals surface area contributed by atoms with Crippen LogP contribution >= 0.6 is 11.9 Å². The van der Waals surface area contributed by atoms with Crippen molar-refractivity contribution in [3.05, 3.63) is 59.4 Å². The molecule has 11 heteroatoms. The molecule has 2 aromatic carbocycles. The third kappa shape index (κ3) is 6.26. The first-order valence-corrected chi connectivity index (χ1v) is 12.0. The minimum absolute atomic E-state index is 0.0310. The quantitative estimate of drug-likeness (QED) is 0.448. The number of hydrogen-bond donors (Lipinski definition) is 1. The summed E-state index contributed by atoms with van der Waals surface area (Å²) in [6, 6.07) is 10.0. The van der Waals surface area contributed by atoms with Crippen molar-refractivity contribution < 1.29 is 31.9 Å². The molecule has 2 fully saturated rings. The van der Waals surface area contributed by atoms with Gasteiger partial charge in [-0.2, -0.15) is 0 Å². The van der Waals surface area contributed by atoms with Crippen molar-refractivity contribution >= 4 is 23.8 Å². The SMILES string of the molecule is CNSc1ccc(C(=O)N2CC3CN(C(=O)CCc4ccc(OC(F)(F)F)cc4)CC3C2)c(F)c1. The highest BCUT2D eigenvalue weighted by atomic mass is 32.2. The molecule has 0 bridgehead atoms. The molecule has 0 spiro atoms. The summed E-state index contributed by atoms with van der Waals surface area (Å²) >= 11 is 1.26. The fraction of sp³-hybridized carbons (Fsp3) is 0.417. The van der Waals surface area contributed by atoms with Crippen LogP contribution in [0.5, 0.6) is 5.75 Å². The zero-order valence-corrected chi connectivity index (χ0v) is 19.8. The van der Waals surface area contributed by atoms with E-state index in [0.29, 0.717) is 37.5 Å². The Morgan fingerprint density at radius 2 is 1.66 bits per heavy atom. The number of nitrogens with one attached hydrogen (secondary N) is 1. The molecule has 0 aromatic heterocycles. The first-order chi connectivity index (χ1) is 16.6. The van der Waals surface area contributed by atoms with Crippen LogP contribution in [0, 0.1) is 17.7 Å². The molecule has 2 amide bonds. The molecule has 4 rings (SSSR count). The predicted molar refractivity (Wildman–Crippen MR) is 122 cm³/mol. The van der Waals surface area contributed by atoms with Gasteiger partial charge in [-0.05, 0) is 61.3 Å². The van der Waals surface area contributed by atoms with Gasteiger partial charge >= 0.3 is 6.36 Å². The first-order valence-electron chi connectivity index (χ1n) is 11.2. The highest BCUT2D eigenvalue weighted by Gasteiger charge is 2.43. The lowest BCUT2D eigenvalue weighted by Gasteiger charge is -2.22. The number of nitrogens with zero attached hydrogens (tertiary/aromatic N) is 2. The molecule has 2 saturated heterocycles. The highest BCUT2D eigenvalue weighted by molar-refractivity contribution is 7.97. The predicted octanol–water partition coefficient (Wildman–Crippen LogP) is 4.11. The average Bonchev–Trinajstić information content (AvgIpc) is 3.37. The topological polar surface area (TPSA) is 61.9 Å². The molecule has 2 aromatic rings. The van der Waals surface area contributed by atoms with Gasteiger partial charge in [0.15, 0.2) is 0 Å². The first kappa shape index (κ1) is 25.3. The Bertz CT molecular complexity index is 1070. The van der Waals surface area contributed by atoms with E-state index in [1.165, 1.54) is 48.3 Å². The summed E-state index contributed by atoms with van der Waals surface area (Å²) in [5.41, 5.74) is 0.787. The van der Waals surface area contributed by atoms with Crippen LogP contribution in [0.4, 0.5) is 17.6 Å². The number of likely N-dealkylation sites (tertiary alicyclic amines) is 2. The Balaban J connectivity index is 1.26. The van der Waals surface area contributed by atoms with E-state index in [1.54, 1.807) is 22.9 Å². The van der Waals surface area contributed by atoms with Gasteiger partial charge in [-0.1, -0.05) is 12.1 Å². The van der Waals surface area contributed by atoms with Crippen LogP contribution in [-0.4, -0.2) is 61.2 Å². The van der Waals surface area contributed by atoms with Gasteiger partial charge in [0.2, 0.25) is 5.91 Å². The van der Waals surface area contributed by atoms with E-state index in [-0.39, 0.29) is 41.4 Å². The zero-order valence-electron chi connectivity index (χ0n) is 19.0. The Labute approximate surface area is 204 Å². The number of hydrogen-bond acceptors (Lipinski definition) is 5. The minimum Gasteiger partial charge on any atom is -0.406 e. The van der Waals surface area contributed by atoms with Gasteiger partial charge in [-0.25, -0.2) is 4.39 Å².